The normalized spacial score (nSPS) is 16.6. The summed E-state index contributed by atoms with van der Waals surface area (Å²) in [6, 6.07) is 9.32. The molecule has 9 heteroatoms. The first kappa shape index (κ1) is 18.4. The quantitative estimate of drug-likeness (QED) is 0.496. The third-order valence-corrected chi connectivity index (χ3v) is 6.20. The van der Waals surface area contributed by atoms with Gasteiger partial charge in [0.1, 0.15) is 16.9 Å². The second kappa shape index (κ2) is 7.34. The number of hydrogen-bond donors (Lipinski definition) is 2. The molecule has 0 spiro atoms. The Kier molecular flexibility index (Phi) is 4.51. The van der Waals surface area contributed by atoms with Crippen molar-refractivity contribution in [1.29, 1.82) is 0 Å². The van der Waals surface area contributed by atoms with E-state index in [2.05, 4.69) is 19.9 Å². The number of rotatable bonds is 3. The molecule has 0 radical (unpaired) electrons. The number of thiazole rings is 1. The summed E-state index contributed by atoms with van der Waals surface area (Å²) >= 11 is 1.36. The molecule has 1 aromatic carbocycles. The highest BCUT2D eigenvalue weighted by Gasteiger charge is 2.37. The van der Waals surface area contributed by atoms with Crippen molar-refractivity contribution < 1.29 is 9.18 Å². The molecule has 0 saturated carbocycles. The summed E-state index contributed by atoms with van der Waals surface area (Å²) in [5.41, 5.74) is 9.03. The summed E-state index contributed by atoms with van der Waals surface area (Å²) in [5, 5.41) is 0.675. The number of carbonyl (C=O) groups is 1. The lowest BCUT2D eigenvalue weighted by Crippen LogP contribution is -2.41. The van der Waals surface area contributed by atoms with Crippen LogP contribution in [0.25, 0.3) is 15.8 Å². The van der Waals surface area contributed by atoms with Crippen LogP contribution in [-0.4, -0.2) is 37.3 Å². The lowest BCUT2D eigenvalue weighted by atomic mass is 10.0. The lowest BCUT2D eigenvalue weighted by Gasteiger charge is -2.34. The van der Waals surface area contributed by atoms with Crippen LogP contribution in [0.3, 0.4) is 0 Å². The average Bonchev–Trinajstić information content (AvgIpc) is 3.40. The zero-order chi connectivity index (χ0) is 20.7. The first-order chi connectivity index (χ1) is 14.7. The van der Waals surface area contributed by atoms with E-state index in [4.69, 9.17) is 5.73 Å². The van der Waals surface area contributed by atoms with Crippen LogP contribution in [0, 0.1) is 5.82 Å². The molecule has 0 aliphatic carbocycles. The predicted octanol–water partition coefficient (Wildman–Crippen LogP) is 3.03. The van der Waals surface area contributed by atoms with E-state index in [0.29, 0.717) is 34.8 Å². The Morgan fingerprint density at radius 3 is 3.00 bits per heavy atom. The van der Waals surface area contributed by atoms with Crippen LogP contribution in [0.5, 0.6) is 0 Å². The molecule has 5 rings (SSSR count). The van der Waals surface area contributed by atoms with Gasteiger partial charge in [-0.25, -0.2) is 14.4 Å². The summed E-state index contributed by atoms with van der Waals surface area (Å²) in [7, 11) is 0. The zero-order valence-electron chi connectivity index (χ0n) is 15.7. The molecule has 1 amide bonds. The monoisotopic (exact) mass is 420 g/mol. The number of aromatic amines is 1. The maximum Gasteiger partial charge on any atom is 0.258 e. The van der Waals surface area contributed by atoms with Crippen molar-refractivity contribution in [3.63, 3.8) is 0 Å². The number of benzene rings is 1. The number of carbonyl (C=O) groups excluding carboxylic acids is 1. The van der Waals surface area contributed by atoms with Gasteiger partial charge in [0.2, 0.25) is 0 Å². The van der Waals surface area contributed by atoms with Crippen molar-refractivity contribution in [2.75, 3.05) is 6.54 Å². The summed E-state index contributed by atoms with van der Waals surface area (Å²) < 4.78 is 14.4. The summed E-state index contributed by atoms with van der Waals surface area (Å²) in [4.78, 5) is 31.8. The molecule has 30 heavy (non-hydrogen) atoms. The van der Waals surface area contributed by atoms with Crippen LogP contribution in [0.2, 0.25) is 0 Å². The molecule has 4 heterocycles. The second-order valence-corrected chi connectivity index (χ2v) is 7.94. The third-order valence-electron chi connectivity index (χ3n) is 5.12. The molecule has 3 aromatic heterocycles. The van der Waals surface area contributed by atoms with E-state index in [1.54, 1.807) is 41.7 Å². The van der Waals surface area contributed by atoms with Crippen LogP contribution in [0.15, 0.2) is 55.1 Å². The molecule has 0 unspecified atom stereocenters. The van der Waals surface area contributed by atoms with E-state index in [-0.39, 0.29) is 11.7 Å². The molecule has 1 atom stereocenters. The number of fused-ring (bicyclic) bond motifs is 2. The van der Waals surface area contributed by atoms with Gasteiger partial charge in [0.15, 0.2) is 0 Å². The number of nitrogens with two attached hydrogens (primary N) is 1. The minimum Gasteiger partial charge on any atom is -0.404 e. The molecule has 3 N–H and O–H groups in total. The van der Waals surface area contributed by atoms with Gasteiger partial charge in [0.05, 0.1) is 33.5 Å². The fourth-order valence-corrected chi connectivity index (χ4v) is 4.83. The largest absolute Gasteiger partial charge is 0.404 e. The van der Waals surface area contributed by atoms with Gasteiger partial charge in [0, 0.05) is 31.1 Å². The fourth-order valence-electron chi connectivity index (χ4n) is 3.72. The molecule has 0 saturated heterocycles. The van der Waals surface area contributed by atoms with Gasteiger partial charge in [-0.2, -0.15) is 0 Å². The van der Waals surface area contributed by atoms with Crippen molar-refractivity contribution in [2.45, 2.75) is 12.5 Å². The number of pyridine rings is 1. The second-order valence-electron chi connectivity index (χ2n) is 6.88. The van der Waals surface area contributed by atoms with Crippen LogP contribution < -0.4 is 5.73 Å². The molecular weight excluding hydrogens is 403 g/mol. The van der Waals surface area contributed by atoms with Crippen molar-refractivity contribution in [3.05, 3.63) is 83.0 Å². The van der Waals surface area contributed by atoms with Crippen LogP contribution in [0.4, 0.5) is 4.39 Å². The van der Waals surface area contributed by atoms with Crippen molar-refractivity contribution in [1.82, 2.24) is 24.8 Å². The van der Waals surface area contributed by atoms with Crippen LogP contribution in [-0.2, 0) is 11.2 Å². The minimum atomic E-state index is -0.494. The number of imidazole rings is 1. The average molecular weight is 420 g/mol. The van der Waals surface area contributed by atoms with Crippen LogP contribution in [0.1, 0.15) is 28.1 Å². The standard InChI is InChI=1S/C21H17FN6OS/c22-12-4-5-15-17(9-12)30-20(27-15)19-18-16(25-11-26-18)6-8-28(19)21(29)13(10-23)14-3-1-2-7-24-14/h1-5,7,9-11,19H,6,8,23H2,(H,25,26)/b13-10+/t19-/m0/s1. The predicted molar refractivity (Wildman–Crippen MR) is 112 cm³/mol. The first-order valence-corrected chi connectivity index (χ1v) is 10.2. The highest BCUT2D eigenvalue weighted by atomic mass is 32.1. The van der Waals surface area contributed by atoms with Gasteiger partial charge in [0.25, 0.3) is 5.91 Å². The highest BCUT2D eigenvalue weighted by Crippen LogP contribution is 2.38. The van der Waals surface area contributed by atoms with E-state index in [9.17, 15) is 9.18 Å². The van der Waals surface area contributed by atoms with Gasteiger partial charge in [-0.1, -0.05) is 6.07 Å². The Morgan fingerprint density at radius 2 is 2.20 bits per heavy atom. The molecule has 0 fully saturated rings. The molecule has 0 bridgehead atoms. The van der Waals surface area contributed by atoms with Gasteiger partial charge in [-0.05, 0) is 30.3 Å². The van der Waals surface area contributed by atoms with Crippen LogP contribution >= 0.6 is 11.3 Å². The van der Waals surface area contributed by atoms with Gasteiger partial charge in [-0.3, -0.25) is 9.78 Å². The zero-order valence-corrected chi connectivity index (χ0v) is 16.6. The van der Waals surface area contributed by atoms with E-state index in [0.717, 1.165) is 16.1 Å². The van der Waals surface area contributed by atoms with Gasteiger partial charge in [-0.15, -0.1) is 11.3 Å². The number of nitrogens with one attached hydrogen (secondary N) is 1. The summed E-state index contributed by atoms with van der Waals surface area (Å²) in [6.45, 7) is 0.465. The Hall–Kier alpha value is -3.59. The van der Waals surface area contributed by atoms with E-state index in [1.165, 1.54) is 29.7 Å². The third kappa shape index (κ3) is 3.03. The SMILES string of the molecule is N/C=C(/C(=O)N1CCc2[nH]cnc2[C@H]1c1nc2ccc(F)cc2s1)c1ccccn1. The number of hydrogen-bond acceptors (Lipinski definition) is 6. The van der Waals surface area contributed by atoms with Crippen molar-refractivity contribution in [2.24, 2.45) is 5.73 Å². The van der Waals surface area contributed by atoms with E-state index >= 15 is 0 Å². The number of amides is 1. The smallest absolute Gasteiger partial charge is 0.258 e. The minimum absolute atomic E-state index is 0.250. The molecule has 7 nitrogen and oxygen atoms in total. The highest BCUT2D eigenvalue weighted by molar-refractivity contribution is 7.18. The Labute approximate surface area is 175 Å². The topological polar surface area (TPSA) is 101 Å². The summed E-state index contributed by atoms with van der Waals surface area (Å²) in [5.74, 6) is -0.571. The number of aromatic nitrogens is 4. The molecule has 150 valence electrons. The Bertz CT molecular complexity index is 1260. The number of H-pyrrole nitrogens is 1. The van der Waals surface area contributed by atoms with E-state index in [1.807, 2.05) is 0 Å². The van der Waals surface area contributed by atoms with Crippen molar-refractivity contribution in [3.8, 4) is 0 Å². The van der Waals surface area contributed by atoms with Gasteiger partial charge >= 0.3 is 0 Å². The number of nitrogens with zero attached hydrogens (tertiary/aromatic N) is 4. The number of halogens is 1. The van der Waals surface area contributed by atoms with Crippen molar-refractivity contribution >= 4 is 33.0 Å². The molecular formula is C21H17FN6OS. The maximum absolute atomic E-state index is 13.7. The first-order valence-electron chi connectivity index (χ1n) is 9.38. The molecule has 1 aliphatic heterocycles. The maximum atomic E-state index is 13.7. The fraction of sp³-hybridized carbons (Fsp3) is 0.143. The Balaban J connectivity index is 1.60. The van der Waals surface area contributed by atoms with Gasteiger partial charge < -0.3 is 15.6 Å². The summed E-state index contributed by atoms with van der Waals surface area (Å²) in [6.07, 6.45) is 5.16. The Morgan fingerprint density at radius 1 is 1.30 bits per heavy atom. The molecule has 4 aromatic rings. The molecule has 1 aliphatic rings. The lowest BCUT2D eigenvalue weighted by molar-refractivity contribution is -0.127. The van der Waals surface area contributed by atoms with E-state index < -0.39 is 6.04 Å².